The summed E-state index contributed by atoms with van der Waals surface area (Å²) >= 11 is 0. The molecule has 1 unspecified atom stereocenters. The fourth-order valence-corrected chi connectivity index (χ4v) is 2.06. The predicted molar refractivity (Wildman–Crippen MR) is 90.6 cm³/mol. The molecule has 2 N–H and O–H groups in total. The molecule has 0 aliphatic carbocycles. The van der Waals surface area contributed by atoms with Gasteiger partial charge in [-0.25, -0.2) is 4.79 Å². The lowest BCUT2D eigenvalue weighted by atomic mass is 10.2. The molecule has 0 radical (unpaired) electrons. The van der Waals surface area contributed by atoms with Gasteiger partial charge in [0.2, 0.25) is 0 Å². The average Bonchev–Trinajstić information content (AvgIpc) is 2.56. The maximum Gasteiger partial charge on any atom is 0.328 e. The van der Waals surface area contributed by atoms with Crippen molar-refractivity contribution in [2.24, 2.45) is 0 Å². The van der Waals surface area contributed by atoms with E-state index < -0.39 is 6.04 Å². The van der Waals surface area contributed by atoms with Crippen LogP contribution < -0.4 is 10.6 Å². The van der Waals surface area contributed by atoms with E-state index in [0.717, 1.165) is 5.69 Å². The Morgan fingerprint density at radius 1 is 1.04 bits per heavy atom. The third kappa shape index (κ3) is 4.85. The van der Waals surface area contributed by atoms with Crippen molar-refractivity contribution in [2.75, 3.05) is 17.2 Å². The second kappa shape index (κ2) is 7.98. The van der Waals surface area contributed by atoms with E-state index >= 15 is 0 Å². The number of nitrogens with one attached hydrogen (secondary N) is 2. The minimum Gasteiger partial charge on any atom is -0.464 e. The van der Waals surface area contributed by atoms with Crippen molar-refractivity contribution < 1.29 is 14.3 Å². The van der Waals surface area contributed by atoms with Crippen molar-refractivity contribution in [3.05, 3.63) is 60.2 Å². The molecule has 120 valence electrons. The molecule has 0 bridgehead atoms. The third-order valence-corrected chi connectivity index (χ3v) is 3.18. The summed E-state index contributed by atoms with van der Waals surface area (Å²) in [5, 5.41) is 5.89. The van der Waals surface area contributed by atoms with Crippen LogP contribution in [0.5, 0.6) is 0 Å². The Kier molecular flexibility index (Phi) is 5.74. The molecule has 0 aliphatic rings. The predicted octanol–water partition coefficient (Wildman–Crippen LogP) is 3.30. The van der Waals surface area contributed by atoms with Gasteiger partial charge in [-0.3, -0.25) is 4.79 Å². The van der Waals surface area contributed by atoms with E-state index in [-0.39, 0.29) is 11.9 Å². The molecule has 5 heteroatoms. The van der Waals surface area contributed by atoms with Crippen molar-refractivity contribution in [3.63, 3.8) is 0 Å². The number of carbonyl (C=O) groups is 2. The highest BCUT2D eigenvalue weighted by atomic mass is 16.5. The highest BCUT2D eigenvalue weighted by Gasteiger charge is 2.13. The molecule has 0 heterocycles. The maximum atomic E-state index is 12.1. The van der Waals surface area contributed by atoms with Crippen LogP contribution in [0.15, 0.2) is 54.6 Å². The number of hydrogen-bond donors (Lipinski definition) is 2. The maximum absolute atomic E-state index is 12.1. The number of benzene rings is 2. The van der Waals surface area contributed by atoms with Gasteiger partial charge in [-0.1, -0.05) is 24.3 Å². The van der Waals surface area contributed by atoms with Crippen LogP contribution in [0.4, 0.5) is 11.4 Å². The normalized spacial score (nSPS) is 11.4. The van der Waals surface area contributed by atoms with Crippen molar-refractivity contribution in [3.8, 4) is 0 Å². The summed E-state index contributed by atoms with van der Waals surface area (Å²) in [7, 11) is 0. The van der Waals surface area contributed by atoms with E-state index in [4.69, 9.17) is 4.74 Å². The topological polar surface area (TPSA) is 67.4 Å². The molecule has 0 aliphatic heterocycles. The summed E-state index contributed by atoms with van der Waals surface area (Å²) < 4.78 is 4.96. The first-order chi connectivity index (χ1) is 11.1. The van der Waals surface area contributed by atoms with Crippen LogP contribution in [0.2, 0.25) is 0 Å². The zero-order valence-electron chi connectivity index (χ0n) is 13.2. The summed E-state index contributed by atoms with van der Waals surface area (Å²) in [6, 6.07) is 15.7. The second-order valence-corrected chi connectivity index (χ2v) is 5.02. The molecular formula is C18H20N2O3. The number of carbonyl (C=O) groups excluding carboxylic acids is 2. The van der Waals surface area contributed by atoms with Gasteiger partial charge in [0.05, 0.1) is 6.61 Å². The fourth-order valence-electron chi connectivity index (χ4n) is 2.06. The van der Waals surface area contributed by atoms with E-state index in [9.17, 15) is 9.59 Å². The Morgan fingerprint density at radius 3 is 2.43 bits per heavy atom. The number of esters is 1. The van der Waals surface area contributed by atoms with Crippen molar-refractivity contribution in [1.29, 1.82) is 0 Å². The Labute approximate surface area is 135 Å². The minimum atomic E-state index is -0.463. The molecule has 0 saturated heterocycles. The van der Waals surface area contributed by atoms with Gasteiger partial charge >= 0.3 is 5.97 Å². The Morgan fingerprint density at radius 2 is 1.74 bits per heavy atom. The molecule has 1 atom stereocenters. The lowest BCUT2D eigenvalue weighted by molar-refractivity contribution is -0.143. The third-order valence-electron chi connectivity index (χ3n) is 3.18. The van der Waals surface area contributed by atoms with E-state index in [1.807, 2.05) is 24.3 Å². The number of ether oxygens (including phenoxy) is 1. The van der Waals surface area contributed by atoms with Crippen LogP contribution in [0, 0.1) is 0 Å². The largest absolute Gasteiger partial charge is 0.464 e. The molecule has 5 nitrogen and oxygen atoms in total. The van der Waals surface area contributed by atoms with Crippen molar-refractivity contribution >= 4 is 23.3 Å². The van der Waals surface area contributed by atoms with Crippen molar-refractivity contribution in [2.45, 2.75) is 19.9 Å². The Hall–Kier alpha value is -2.82. The van der Waals surface area contributed by atoms with Gasteiger partial charge in [-0.15, -0.1) is 0 Å². The molecule has 1 amide bonds. The van der Waals surface area contributed by atoms with Gasteiger partial charge in [0.15, 0.2) is 0 Å². The van der Waals surface area contributed by atoms with Crippen LogP contribution in [0.1, 0.15) is 24.2 Å². The summed E-state index contributed by atoms with van der Waals surface area (Å²) in [5.41, 5.74) is 1.97. The van der Waals surface area contributed by atoms with Crippen LogP contribution in [-0.2, 0) is 9.53 Å². The summed E-state index contributed by atoms with van der Waals surface area (Å²) in [5.74, 6) is -0.493. The van der Waals surface area contributed by atoms with Crippen molar-refractivity contribution in [1.82, 2.24) is 0 Å². The summed E-state index contributed by atoms with van der Waals surface area (Å²) in [4.78, 5) is 23.8. The monoisotopic (exact) mass is 312 g/mol. The standard InChI is InChI=1S/C18H20N2O3/c1-3-23-18(22)13(2)19-15-10-7-11-16(12-15)20-17(21)14-8-5-4-6-9-14/h4-13,19H,3H2,1-2H3,(H,20,21). The average molecular weight is 312 g/mol. The first-order valence-corrected chi connectivity index (χ1v) is 7.49. The van der Waals surface area contributed by atoms with Crippen LogP contribution in [0.25, 0.3) is 0 Å². The molecular weight excluding hydrogens is 292 g/mol. The van der Waals surface area contributed by atoms with Crippen LogP contribution >= 0.6 is 0 Å². The first kappa shape index (κ1) is 16.5. The molecule has 0 fully saturated rings. The van der Waals surface area contributed by atoms with Gasteiger partial charge in [0.1, 0.15) is 6.04 Å². The van der Waals surface area contributed by atoms with E-state index in [2.05, 4.69) is 10.6 Å². The van der Waals surface area contributed by atoms with Gasteiger partial charge in [0.25, 0.3) is 5.91 Å². The van der Waals surface area contributed by atoms with Gasteiger partial charge in [0, 0.05) is 16.9 Å². The van der Waals surface area contributed by atoms with E-state index in [0.29, 0.717) is 17.9 Å². The second-order valence-electron chi connectivity index (χ2n) is 5.02. The Balaban J connectivity index is 2.02. The fraction of sp³-hybridized carbons (Fsp3) is 0.222. The molecule has 2 aromatic rings. The van der Waals surface area contributed by atoms with Gasteiger partial charge in [-0.2, -0.15) is 0 Å². The summed E-state index contributed by atoms with van der Waals surface area (Å²) in [6.45, 7) is 3.84. The van der Waals surface area contributed by atoms with E-state index in [1.165, 1.54) is 0 Å². The highest BCUT2D eigenvalue weighted by molar-refractivity contribution is 6.04. The Bertz CT molecular complexity index is 671. The first-order valence-electron chi connectivity index (χ1n) is 7.49. The molecule has 0 saturated carbocycles. The highest BCUT2D eigenvalue weighted by Crippen LogP contribution is 2.17. The summed E-state index contributed by atoms with van der Waals surface area (Å²) in [6.07, 6.45) is 0. The quantitative estimate of drug-likeness (QED) is 0.803. The number of amides is 1. The zero-order valence-corrected chi connectivity index (χ0v) is 13.2. The van der Waals surface area contributed by atoms with Gasteiger partial charge in [-0.05, 0) is 44.2 Å². The molecule has 0 spiro atoms. The number of anilines is 2. The minimum absolute atomic E-state index is 0.179. The molecule has 2 aromatic carbocycles. The lowest BCUT2D eigenvalue weighted by Gasteiger charge is -2.15. The number of rotatable bonds is 6. The van der Waals surface area contributed by atoms with Crippen LogP contribution in [0.3, 0.4) is 0 Å². The van der Waals surface area contributed by atoms with Gasteiger partial charge < -0.3 is 15.4 Å². The molecule has 0 aromatic heterocycles. The van der Waals surface area contributed by atoms with Crippen LogP contribution in [-0.4, -0.2) is 24.5 Å². The smallest absolute Gasteiger partial charge is 0.328 e. The molecule has 23 heavy (non-hydrogen) atoms. The van der Waals surface area contributed by atoms with E-state index in [1.54, 1.807) is 44.2 Å². The SMILES string of the molecule is CCOC(=O)C(C)Nc1cccc(NC(=O)c2ccccc2)c1. The molecule has 2 rings (SSSR count). The lowest BCUT2D eigenvalue weighted by Crippen LogP contribution is -2.28. The zero-order chi connectivity index (χ0) is 16.7. The number of hydrogen-bond acceptors (Lipinski definition) is 4.